The van der Waals surface area contributed by atoms with Crippen molar-refractivity contribution in [3.63, 3.8) is 0 Å². The van der Waals surface area contributed by atoms with Gasteiger partial charge in [-0.05, 0) is 35.3 Å². The van der Waals surface area contributed by atoms with E-state index in [0.29, 0.717) is 0 Å². The van der Waals surface area contributed by atoms with Gasteiger partial charge in [0.05, 0.1) is 11.1 Å². The zero-order valence-corrected chi connectivity index (χ0v) is 21.6. The van der Waals surface area contributed by atoms with Crippen molar-refractivity contribution in [2.24, 2.45) is 0 Å². The van der Waals surface area contributed by atoms with Gasteiger partial charge in [-0.1, -0.05) is 53.9 Å². The van der Waals surface area contributed by atoms with Crippen molar-refractivity contribution in [2.75, 3.05) is 0 Å². The van der Waals surface area contributed by atoms with Crippen LogP contribution in [0.5, 0.6) is 0 Å². The van der Waals surface area contributed by atoms with Gasteiger partial charge in [0.15, 0.2) is 0 Å². The molecular formula is C30H18IrN2OS-2. The summed E-state index contributed by atoms with van der Waals surface area (Å²) in [5.74, 6) is 0. The van der Waals surface area contributed by atoms with E-state index < -0.39 is 0 Å². The summed E-state index contributed by atoms with van der Waals surface area (Å²) < 4.78 is 7.14. The smallest absolute Gasteiger partial charge is 0.123 e. The molecule has 0 unspecified atom stereocenters. The first-order chi connectivity index (χ1) is 16.9. The standard InChI is InChI=1S/C19H10NOS.C11H8N.Ir/c1-3-9-15-12(6-1)18-13(7-5-10-16(18)21-15)19-20-14-8-2-4-11-17(14)22-19;1-2-6-10(7-3-1)11-8-4-5-9-12-11;/h1-6,8-11H;1-6,8-9H;/q2*-1;. The molecule has 0 saturated heterocycles. The van der Waals surface area contributed by atoms with Gasteiger partial charge < -0.3 is 9.40 Å². The molecule has 0 N–H and O–H groups in total. The van der Waals surface area contributed by atoms with Gasteiger partial charge in [0.25, 0.3) is 0 Å². The average molecular weight is 647 g/mol. The number of benzene rings is 4. The van der Waals surface area contributed by atoms with E-state index in [1.165, 1.54) is 4.70 Å². The molecule has 0 saturated carbocycles. The van der Waals surface area contributed by atoms with E-state index in [0.717, 1.165) is 49.3 Å². The Bertz CT molecular complexity index is 1640. The number of nitrogens with zero attached hydrogens (tertiary/aromatic N) is 2. The van der Waals surface area contributed by atoms with Crippen molar-refractivity contribution in [1.29, 1.82) is 0 Å². The quantitative estimate of drug-likeness (QED) is 0.178. The largest absolute Gasteiger partial charge is 0.476 e. The van der Waals surface area contributed by atoms with Crippen LogP contribution in [0.2, 0.25) is 0 Å². The van der Waals surface area contributed by atoms with Gasteiger partial charge >= 0.3 is 0 Å². The molecule has 0 atom stereocenters. The molecule has 4 aromatic carbocycles. The van der Waals surface area contributed by atoms with Gasteiger partial charge in [0.2, 0.25) is 0 Å². The third kappa shape index (κ3) is 4.67. The molecule has 3 heterocycles. The minimum absolute atomic E-state index is 0. The second-order valence-electron chi connectivity index (χ2n) is 7.67. The number of fused-ring (bicyclic) bond motifs is 4. The van der Waals surface area contributed by atoms with Crippen LogP contribution in [0.25, 0.3) is 54.0 Å². The summed E-state index contributed by atoms with van der Waals surface area (Å²) >= 11 is 1.69. The summed E-state index contributed by atoms with van der Waals surface area (Å²) in [6.07, 6.45) is 1.79. The van der Waals surface area contributed by atoms with E-state index in [9.17, 15) is 0 Å². The minimum Gasteiger partial charge on any atom is -0.476 e. The van der Waals surface area contributed by atoms with E-state index in [2.05, 4.69) is 29.2 Å². The predicted octanol–water partition coefficient (Wildman–Crippen LogP) is 8.21. The van der Waals surface area contributed by atoms with E-state index in [1.807, 2.05) is 91.0 Å². The molecular weight excluding hydrogens is 629 g/mol. The normalized spacial score (nSPS) is 10.6. The molecule has 0 fully saturated rings. The first kappa shape index (κ1) is 23.1. The van der Waals surface area contributed by atoms with Crippen LogP contribution in [0.3, 0.4) is 0 Å². The molecule has 5 heteroatoms. The number of aromatic nitrogens is 2. The predicted molar refractivity (Wildman–Crippen MR) is 140 cm³/mol. The zero-order valence-electron chi connectivity index (χ0n) is 18.4. The maximum absolute atomic E-state index is 5.95. The molecule has 0 bridgehead atoms. The SMILES string of the molecule is [Ir].[c-]1ccc2oc3ccccc3c2c1-c1nc2ccccc2s1.[c-]1ccccc1-c1ccccn1. The van der Waals surface area contributed by atoms with Gasteiger partial charge in [-0.2, -0.15) is 11.3 Å². The van der Waals surface area contributed by atoms with Gasteiger partial charge in [-0.25, -0.2) is 0 Å². The number of pyridine rings is 1. The minimum atomic E-state index is 0. The molecule has 0 aliphatic heterocycles. The van der Waals surface area contributed by atoms with Crippen LogP contribution in [0.1, 0.15) is 0 Å². The first-order valence-electron chi connectivity index (χ1n) is 10.9. The summed E-state index contributed by atoms with van der Waals surface area (Å²) in [5, 5.41) is 3.19. The van der Waals surface area contributed by atoms with Crippen molar-refractivity contribution in [3.05, 3.63) is 121 Å². The fourth-order valence-electron chi connectivity index (χ4n) is 3.94. The topological polar surface area (TPSA) is 38.9 Å². The molecule has 7 aromatic rings. The molecule has 35 heavy (non-hydrogen) atoms. The average Bonchev–Trinajstić information content (AvgIpc) is 3.52. The molecule has 171 valence electrons. The van der Waals surface area contributed by atoms with Crippen LogP contribution in [-0.4, -0.2) is 9.97 Å². The van der Waals surface area contributed by atoms with Crippen molar-refractivity contribution in [2.45, 2.75) is 0 Å². The number of hydrogen-bond acceptors (Lipinski definition) is 4. The molecule has 0 amide bonds. The number of thiazole rings is 1. The Kier molecular flexibility index (Phi) is 6.82. The van der Waals surface area contributed by atoms with Crippen molar-refractivity contribution in [1.82, 2.24) is 9.97 Å². The number of rotatable bonds is 2. The Balaban J connectivity index is 0.000000167. The Morgan fingerprint density at radius 3 is 2.37 bits per heavy atom. The summed E-state index contributed by atoms with van der Waals surface area (Å²) in [6.45, 7) is 0. The molecule has 3 nitrogen and oxygen atoms in total. The van der Waals surface area contributed by atoms with Gasteiger partial charge in [-0.15, -0.1) is 53.6 Å². The molecule has 0 aliphatic rings. The van der Waals surface area contributed by atoms with Gasteiger partial charge in [0.1, 0.15) is 5.58 Å². The summed E-state index contributed by atoms with van der Waals surface area (Å²) in [4.78, 5) is 8.98. The summed E-state index contributed by atoms with van der Waals surface area (Å²) in [5.41, 5.74) is 5.84. The third-order valence-corrected chi connectivity index (χ3v) is 6.55. The summed E-state index contributed by atoms with van der Waals surface area (Å²) in [7, 11) is 0. The fraction of sp³-hybridized carbons (Fsp3) is 0. The second kappa shape index (κ2) is 10.3. The van der Waals surface area contributed by atoms with E-state index in [-0.39, 0.29) is 20.1 Å². The maximum Gasteiger partial charge on any atom is 0.123 e. The fourth-order valence-corrected chi connectivity index (χ4v) is 4.92. The zero-order chi connectivity index (χ0) is 22.7. The Morgan fingerprint density at radius 1 is 0.714 bits per heavy atom. The Labute approximate surface area is 220 Å². The van der Waals surface area contributed by atoms with Crippen LogP contribution in [0.4, 0.5) is 0 Å². The van der Waals surface area contributed by atoms with Crippen LogP contribution in [0, 0.1) is 12.1 Å². The maximum atomic E-state index is 5.95. The number of para-hydroxylation sites is 2. The van der Waals surface area contributed by atoms with Gasteiger partial charge in [0, 0.05) is 36.0 Å². The molecule has 1 radical (unpaired) electrons. The third-order valence-electron chi connectivity index (χ3n) is 5.49. The molecule has 7 rings (SSSR count). The van der Waals surface area contributed by atoms with Crippen molar-refractivity contribution in [3.8, 4) is 21.8 Å². The summed E-state index contributed by atoms with van der Waals surface area (Å²) in [6, 6.07) is 40.4. The monoisotopic (exact) mass is 647 g/mol. The van der Waals surface area contributed by atoms with E-state index >= 15 is 0 Å². The van der Waals surface area contributed by atoms with Crippen molar-refractivity contribution < 1.29 is 24.5 Å². The van der Waals surface area contributed by atoms with Crippen molar-refractivity contribution >= 4 is 43.5 Å². The molecule has 0 aliphatic carbocycles. The van der Waals surface area contributed by atoms with Crippen LogP contribution >= 0.6 is 11.3 Å². The van der Waals surface area contributed by atoms with Crippen LogP contribution in [-0.2, 0) is 20.1 Å². The Morgan fingerprint density at radius 2 is 1.54 bits per heavy atom. The number of furan rings is 1. The second-order valence-corrected chi connectivity index (χ2v) is 8.70. The molecule has 0 spiro atoms. The number of hydrogen-bond donors (Lipinski definition) is 0. The van der Waals surface area contributed by atoms with Gasteiger partial charge in [-0.3, -0.25) is 4.98 Å². The van der Waals surface area contributed by atoms with E-state index in [4.69, 9.17) is 9.40 Å². The Hall–Kier alpha value is -3.63. The van der Waals surface area contributed by atoms with Crippen LogP contribution < -0.4 is 0 Å². The van der Waals surface area contributed by atoms with E-state index in [1.54, 1.807) is 17.5 Å². The molecule has 3 aromatic heterocycles. The first-order valence-corrected chi connectivity index (χ1v) is 11.7. The van der Waals surface area contributed by atoms with Crippen LogP contribution in [0.15, 0.2) is 114 Å².